The summed E-state index contributed by atoms with van der Waals surface area (Å²) in [6.07, 6.45) is 3.95. The maximum absolute atomic E-state index is 6.05. The minimum absolute atomic E-state index is 0.337. The molecule has 0 radical (unpaired) electrons. The Kier molecular flexibility index (Phi) is 4.81. The highest BCUT2D eigenvalue weighted by molar-refractivity contribution is 5.58. The normalized spacial score (nSPS) is 17.6. The van der Waals surface area contributed by atoms with Crippen molar-refractivity contribution in [3.63, 3.8) is 0 Å². The van der Waals surface area contributed by atoms with Gasteiger partial charge in [0.05, 0.1) is 0 Å². The average molecular weight is 277 g/mol. The van der Waals surface area contributed by atoms with E-state index in [0.29, 0.717) is 17.8 Å². The molecular weight excluding hydrogens is 250 g/mol. The van der Waals surface area contributed by atoms with Crippen LogP contribution in [0.5, 0.6) is 0 Å². The van der Waals surface area contributed by atoms with E-state index in [1.807, 2.05) is 0 Å². The van der Waals surface area contributed by atoms with Crippen molar-refractivity contribution in [2.45, 2.75) is 45.6 Å². The van der Waals surface area contributed by atoms with Gasteiger partial charge >= 0.3 is 0 Å². The summed E-state index contributed by atoms with van der Waals surface area (Å²) < 4.78 is 0. The summed E-state index contributed by atoms with van der Waals surface area (Å²) in [6, 6.07) is 0.546. The third-order valence-electron chi connectivity index (χ3n) is 4.36. The van der Waals surface area contributed by atoms with Crippen molar-refractivity contribution in [3.8, 4) is 0 Å². The molecule has 1 aliphatic rings. The van der Waals surface area contributed by atoms with Crippen molar-refractivity contribution in [1.82, 2.24) is 14.9 Å². The summed E-state index contributed by atoms with van der Waals surface area (Å²) in [5.74, 6) is 1.95. The van der Waals surface area contributed by atoms with Gasteiger partial charge in [-0.25, -0.2) is 9.97 Å². The molecule has 5 heteroatoms. The van der Waals surface area contributed by atoms with Crippen LogP contribution in [0.15, 0.2) is 6.33 Å². The van der Waals surface area contributed by atoms with Crippen LogP contribution < -0.4 is 10.6 Å². The highest BCUT2D eigenvalue weighted by Crippen LogP contribution is 2.31. The van der Waals surface area contributed by atoms with E-state index in [4.69, 9.17) is 5.73 Å². The smallest absolute Gasteiger partial charge is 0.137 e. The molecule has 1 aromatic rings. The third kappa shape index (κ3) is 3.03. The van der Waals surface area contributed by atoms with Crippen LogP contribution in [0, 0.1) is 0 Å². The van der Waals surface area contributed by atoms with E-state index in [2.05, 4.69) is 47.6 Å². The number of nitrogens with zero attached hydrogens (tertiary/aromatic N) is 4. The van der Waals surface area contributed by atoms with Gasteiger partial charge in [-0.3, -0.25) is 0 Å². The first-order chi connectivity index (χ1) is 9.54. The van der Waals surface area contributed by atoms with Gasteiger partial charge in [0.15, 0.2) is 0 Å². The number of likely N-dealkylation sites (tertiary alicyclic amines) is 1. The Bertz CT molecular complexity index is 438. The molecule has 1 fully saturated rings. The van der Waals surface area contributed by atoms with Gasteiger partial charge in [-0.1, -0.05) is 20.8 Å². The second-order valence-electron chi connectivity index (χ2n) is 5.93. The number of piperidine rings is 1. The predicted octanol–water partition coefficient (Wildman–Crippen LogP) is 2.10. The Hall–Kier alpha value is -1.36. The van der Waals surface area contributed by atoms with Crippen LogP contribution in [0.3, 0.4) is 0 Å². The summed E-state index contributed by atoms with van der Waals surface area (Å²) in [7, 11) is 2.14. The molecule has 1 aromatic heterocycles. The number of nitrogens with two attached hydrogens (primary N) is 1. The van der Waals surface area contributed by atoms with E-state index in [1.54, 1.807) is 6.33 Å². The minimum Gasteiger partial charge on any atom is -0.383 e. The van der Waals surface area contributed by atoms with E-state index in [0.717, 1.165) is 17.9 Å². The molecule has 0 saturated carbocycles. The van der Waals surface area contributed by atoms with Crippen LogP contribution in [-0.4, -0.2) is 47.6 Å². The van der Waals surface area contributed by atoms with Gasteiger partial charge in [-0.15, -0.1) is 0 Å². The maximum atomic E-state index is 6.05. The number of rotatable bonds is 4. The number of anilines is 2. The molecule has 1 aliphatic heterocycles. The van der Waals surface area contributed by atoms with Gasteiger partial charge in [0.2, 0.25) is 0 Å². The summed E-state index contributed by atoms with van der Waals surface area (Å²) in [5.41, 5.74) is 7.12. The van der Waals surface area contributed by atoms with Crippen molar-refractivity contribution in [2.75, 3.05) is 37.3 Å². The molecule has 20 heavy (non-hydrogen) atoms. The Morgan fingerprint density at radius 2 is 2.00 bits per heavy atom. The molecule has 0 spiro atoms. The van der Waals surface area contributed by atoms with Crippen molar-refractivity contribution < 1.29 is 0 Å². The molecule has 0 aromatic carbocycles. The molecule has 0 amide bonds. The Morgan fingerprint density at radius 1 is 1.35 bits per heavy atom. The topological polar surface area (TPSA) is 58.3 Å². The molecule has 2 N–H and O–H groups in total. The van der Waals surface area contributed by atoms with Crippen LogP contribution in [-0.2, 0) is 0 Å². The van der Waals surface area contributed by atoms with Crippen molar-refractivity contribution >= 4 is 11.6 Å². The highest BCUT2D eigenvalue weighted by atomic mass is 15.2. The second-order valence-corrected chi connectivity index (χ2v) is 5.93. The number of hydrogen-bond acceptors (Lipinski definition) is 5. The fourth-order valence-electron chi connectivity index (χ4n) is 3.03. The quantitative estimate of drug-likeness (QED) is 0.913. The minimum atomic E-state index is 0.337. The predicted molar refractivity (Wildman–Crippen MR) is 84.1 cm³/mol. The van der Waals surface area contributed by atoms with Gasteiger partial charge in [-0.2, -0.15) is 0 Å². The van der Waals surface area contributed by atoms with Crippen molar-refractivity contribution in [3.05, 3.63) is 11.9 Å². The van der Waals surface area contributed by atoms with Crippen LogP contribution in [0.25, 0.3) is 0 Å². The van der Waals surface area contributed by atoms with Crippen LogP contribution in [0.1, 0.15) is 45.1 Å². The third-order valence-corrected chi connectivity index (χ3v) is 4.36. The van der Waals surface area contributed by atoms with Crippen LogP contribution in [0.2, 0.25) is 0 Å². The SMILES string of the molecule is CCN1CCC(N(C)c2ncnc(N)c2C(C)C)CC1. The van der Waals surface area contributed by atoms with Gasteiger partial charge in [0.1, 0.15) is 18.0 Å². The molecule has 0 atom stereocenters. The zero-order valence-electron chi connectivity index (χ0n) is 13.1. The lowest BCUT2D eigenvalue weighted by Crippen LogP contribution is -2.44. The summed E-state index contributed by atoms with van der Waals surface area (Å²) in [5, 5.41) is 0. The highest BCUT2D eigenvalue weighted by Gasteiger charge is 2.25. The number of hydrogen-bond donors (Lipinski definition) is 1. The molecule has 1 saturated heterocycles. The van der Waals surface area contributed by atoms with E-state index in [9.17, 15) is 0 Å². The van der Waals surface area contributed by atoms with Gasteiger partial charge in [-0.05, 0) is 25.3 Å². The Morgan fingerprint density at radius 3 is 2.55 bits per heavy atom. The van der Waals surface area contributed by atoms with E-state index < -0.39 is 0 Å². The standard InChI is InChI=1S/C15H27N5/c1-5-20-8-6-12(7-9-20)19(4)15-13(11(2)3)14(16)17-10-18-15/h10-12H,5-9H2,1-4H3,(H2,16,17,18). The van der Waals surface area contributed by atoms with E-state index in [-0.39, 0.29) is 0 Å². The lowest BCUT2D eigenvalue weighted by atomic mass is 10.0. The summed E-state index contributed by atoms with van der Waals surface area (Å²) in [6.45, 7) is 10.0. The number of aromatic nitrogens is 2. The van der Waals surface area contributed by atoms with Gasteiger partial charge < -0.3 is 15.5 Å². The second kappa shape index (κ2) is 6.39. The molecule has 0 unspecified atom stereocenters. The fraction of sp³-hybridized carbons (Fsp3) is 0.733. The first kappa shape index (κ1) is 15.0. The summed E-state index contributed by atoms with van der Waals surface area (Å²) in [4.78, 5) is 13.4. The zero-order chi connectivity index (χ0) is 14.7. The molecule has 2 rings (SSSR count). The molecular formula is C15H27N5. The first-order valence-electron chi connectivity index (χ1n) is 7.60. The molecule has 0 aliphatic carbocycles. The molecule has 2 heterocycles. The monoisotopic (exact) mass is 277 g/mol. The first-order valence-corrected chi connectivity index (χ1v) is 7.60. The van der Waals surface area contributed by atoms with Gasteiger partial charge in [0, 0.05) is 31.7 Å². The Labute approximate surface area is 122 Å². The lowest BCUT2D eigenvalue weighted by molar-refractivity contribution is 0.220. The van der Waals surface area contributed by atoms with Gasteiger partial charge in [0.25, 0.3) is 0 Å². The Balaban J connectivity index is 2.17. The molecule has 5 nitrogen and oxygen atoms in total. The maximum Gasteiger partial charge on any atom is 0.137 e. The van der Waals surface area contributed by atoms with Crippen LogP contribution in [0.4, 0.5) is 11.6 Å². The zero-order valence-corrected chi connectivity index (χ0v) is 13.1. The van der Waals surface area contributed by atoms with Crippen molar-refractivity contribution in [1.29, 1.82) is 0 Å². The lowest BCUT2D eigenvalue weighted by Gasteiger charge is -2.37. The molecule has 112 valence electrons. The summed E-state index contributed by atoms with van der Waals surface area (Å²) >= 11 is 0. The van der Waals surface area contributed by atoms with E-state index >= 15 is 0 Å². The van der Waals surface area contributed by atoms with Crippen molar-refractivity contribution in [2.24, 2.45) is 0 Å². The largest absolute Gasteiger partial charge is 0.383 e. The average Bonchev–Trinajstić information content (AvgIpc) is 2.46. The number of nitrogen functional groups attached to an aromatic ring is 1. The fourth-order valence-corrected chi connectivity index (χ4v) is 3.03. The molecule has 0 bridgehead atoms. The van der Waals surface area contributed by atoms with Crippen LogP contribution >= 0.6 is 0 Å². The van der Waals surface area contributed by atoms with E-state index in [1.165, 1.54) is 25.9 Å².